The highest BCUT2D eigenvalue weighted by atomic mass is 16.5. The fraction of sp³-hybridized carbons (Fsp3) is 0.462. The minimum Gasteiger partial charge on any atom is -0.489 e. The Hall–Kier alpha value is -1.71. The Labute approximate surface area is 99.8 Å². The number of aromatic carboxylic acids is 1. The van der Waals surface area contributed by atoms with Crippen LogP contribution in [0.5, 0.6) is 5.75 Å². The summed E-state index contributed by atoms with van der Waals surface area (Å²) in [6.07, 6.45) is 2.59. The summed E-state index contributed by atoms with van der Waals surface area (Å²) in [7, 11) is 0. The van der Waals surface area contributed by atoms with E-state index in [4.69, 9.17) is 9.84 Å². The highest BCUT2D eigenvalue weighted by Crippen LogP contribution is 2.38. The van der Waals surface area contributed by atoms with Crippen LogP contribution in [0.1, 0.15) is 23.2 Å². The number of hydrogen-bond donors (Lipinski definition) is 1. The number of carboxylic acid groups (broad SMARTS) is 1. The zero-order valence-corrected chi connectivity index (χ0v) is 9.56. The number of benzene rings is 1. The molecule has 1 fully saturated rings. The third kappa shape index (κ3) is 1.95. The predicted octanol–water partition coefficient (Wildman–Crippen LogP) is 1.99. The molecule has 1 aliphatic carbocycles. The first-order chi connectivity index (χ1) is 8.25. The summed E-state index contributed by atoms with van der Waals surface area (Å²) in [6.45, 7) is 2.45. The second kappa shape index (κ2) is 3.95. The van der Waals surface area contributed by atoms with Crippen molar-refractivity contribution in [3.8, 4) is 5.75 Å². The zero-order chi connectivity index (χ0) is 11.8. The molecule has 2 aliphatic rings. The summed E-state index contributed by atoms with van der Waals surface area (Å²) in [4.78, 5) is 13.4. The van der Waals surface area contributed by atoms with Crippen molar-refractivity contribution in [3.63, 3.8) is 0 Å². The molecule has 4 heteroatoms. The Morgan fingerprint density at radius 1 is 1.47 bits per heavy atom. The van der Waals surface area contributed by atoms with Gasteiger partial charge >= 0.3 is 5.97 Å². The molecule has 1 heterocycles. The maximum absolute atomic E-state index is 11.1. The lowest BCUT2D eigenvalue weighted by Gasteiger charge is -2.32. The van der Waals surface area contributed by atoms with Crippen molar-refractivity contribution in [1.29, 1.82) is 0 Å². The molecule has 0 radical (unpaired) electrons. The standard InChI is InChI=1S/C13H15NO3/c15-13(16)10-2-1-3-11-12(10)17-7-6-14(11)8-9-4-5-9/h1-3,9H,4-8H2,(H,15,16). The summed E-state index contributed by atoms with van der Waals surface area (Å²) in [5, 5.41) is 9.12. The number of carboxylic acids is 1. The predicted molar refractivity (Wildman–Crippen MR) is 63.8 cm³/mol. The van der Waals surface area contributed by atoms with Gasteiger partial charge in [-0.3, -0.25) is 0 Å². The van der Waals surface area contributed by atoms with Crippen molar-refractivity contribution >= 4 is 11.7 Å². The molecule has 4 nitrogen and oxygen atoms in total. The summed E-state index contributed by atoms with van der Waals surface area (Å²) in [5.74, 6) is 0.399. The fourth-order valence-corrected chi connectivity index (χ4v) is 2.27. The SMILES string of the molecule is O=C(O)c1cccc2c1OCCN2CC1CC1. The van der Waals surface area contributed by atoms with Gasteiger partial charge in [0.15, 0.2) is 5.75 Å². The molecule has 0 unspecified atom stereocenters. The number of nitrogens with zero attached hydrogens (tertiary/aromatic N) is 1. The smallest absolute Gasteiger partial charge is 0.339 e. The largest absolute Gasteiger partial charge is 0.489 e. The van der Waals surface area contributed by atoms with Crippen LogP contribution in [-0.4, -0.2) is 30.8 Å². The number of rotatable bonds is 3. The monoisotopic (exact) mass is 233 g/mol. The van der Waals surface area contributed by atoms with Crippen molar-refractivity contribution in [2.45, 2.75) is 12.8 Å². The van der Waals surface area contributed by atoms with Gasteiger partial charge in [-0.2, -0.15) is 0 Å². The molecule has 0 amide bonds. The first-order valence-electron chi connectivity index (χ1n) is 6.00. The van der Waals surface area contributed by atoms with Crippen LogP contribution in [0.15, 0.2) is 18.2 Å². The maximum Gasteiger partial charge on any atom is 0.339 e. The van der Waals surface area contributed by atoms with E-state index in [0.717, 1.165) is 24.7 Å². The van der Waals surface area contributed by atoms with Crippen LogP contribution in [-0.2, 0) is 0 Å². The number of ether oxygens (including phenoxy) is 1. The summed E-state index contributed by atoms with van der Waals surface area (Å²) in [6, 6.07) is 5.34. The number of carbonyl (C=O) groups is 1. The number of hydrogen-bond acceptors (Lipinski definition) is 3. The van der Waals surface area contributed by atoms with Crippen molar-refractivity contribution in [2.24, 2.45) is 5.92 Å². The second-order valence-corrected chi connectivity index (χ2v) is 4.70. The minimum atomic E-state index is -0.921. The van der Waals surface area contributed by atoms with E-state index in [0.29, 0.717) is 12.4 Å². The van der Waals surface area contributed by atoms with Gasteiger partial charge in [0.2, 0.25) is 0 Å². The molecular weight excluding hydrogens is 218 g/mol. The van der Waals surface area contributed by atoms with E-state index in [9.17, 15) is 4.79 Å². The first kappa shape index (κ1) is 10.4. The van der Waals surface area contributed by atoms with Gasteiger partial charge in [0.05, 0.1) is 12.2 Å². The van der Waals surface area contributed by atoms with Crippen LogP contribution in [0.25, 0.3) is 0 Å². The third-order valence-electron chi connectivity index (χ3n) is 3.35. The average Bonchev–Trinajstić information content (AvgIpc) is 3.12. The number of para-hydroxylation sites is 1. The van der Waals surface area contributed by atoms with Gasteiger partial charge in [-0.15, -0.1) is 0 Å². The Morgan fingerprint density at radius 3 is 3.00 bits per heavy atom. The molecule has 0 bridgehead atoms. The molecule has 17 heavy (non-hydrogen) atoms. The Kier molecular flexibility index (Phi) is 2.42. The lowest BCUT2D eigenvalue weighted by Crippen LogP contribution is -2.34. The van der Waals surface area contributed by atoms with Crippen LogP contribution in [0.2, 0.25) is 0 Å². The molecule has 1 aromatic rings. The third-order valence-corrected chi connectivity index (χ3v) is 3.35. The van der Waals surface area contributed by atoms with E-state index in [1.54, 1.807) is 12.1 Å². The van der Waals surface area contributed by atoms with Crippen molar-refractivity contribution in [3.05, 3.63) is 23.8 Å². The molecular formula is C13H15NO3. The fourth-order valence-electron chi connectivity index (χ4n) is 2.27. The van der Waals surface area contributed by atoms with Gasteiger partial charge in [0, 0.05) is 6.54 Å². The first-order valence-corrected chi connectivity index (χ1v) is 6.00. The van der Waals surface area contributed by atoms with Crippen molar-refractivity contribution in [1.82, 2.24) is 0 Å². The second-order valence-electron chi connectivity index (χ2n) is 4.70. The highest BCUT2D eigenvalue weighted by Gasteiger charge is 2.29. The molecule has 3 rings (SSSR count). The molecule has 0 spiro atoms. The minimum absolute atomic E-state index is 0.267. The van der Waals surface area contributed by atoms with E-state index < -0.39 is 5.97 Å². The van der Waals surface area contributed by atoms with E-state index in [-0.39, 0.29) is 5.56 Å². The van der Waals surface area contributed by atoms with Crippen LogP contribution in [0.4, 0.5) is 5.69 Å². The molecule has 0 saturated heterocycles. The zero-order valence-electron chi connectivity index (χ0n) is 9.56. The average molecular weight is 233 g/mol. The lowest BCUT2D eigenvalue weighted by molar-refractivity contribution is 0.0692. The van der Waals surface area contributed by atoms with Gasteiger partial charge in [0.1, 0.15) is 12.2 Å². The van der Waals surface area contributed by atoms with Crippen LogP contribution < -0.4 is 9.64 Å². The van der Waals surface area contributed by atoms with E-state index in [2.05, 4.69) is 4.90 Å². The molecule has 1 saturated carbocycles. The van der Waals surface area contributed by atoms with E-state index in [1.165, 1.54) is 12.8 Å². The summed E-state index contributed by atoms with van der Waals surface area (Å²) >= 11 is 0. The Morgan fingerprint density at radius 2 is 2.29 bits per heavy atom. The van der Waals surface area contributed by atoms with Gasteiger partial charge < -0.3 is 14.7 Å². The van der Waals surface area contributed by atoms with Gasteiger partial charge in [-0.25, -0.2) is 4.79 Å². The topological polar surface area (TPSA) is 49.8 Å². The number of fused-ring (bicyclic) bond motifs is 1. The molecule has 1 aliphatic heterocycles. The number of anilines is 1. The van der Waals surface area contributed by atoms with E-state index >= 15 is 0 Å². The summed E-state index contributed by atoms with van der Waals surface area (Å²) < 4.78 is 5.53. The van der Waals surface area contributed by atoms with Gasteiger partial charge in [0.25, 0.3) is 0 Å². The van der Waals surface area contributed by atoms with Crippen LogP contribution >= 0.6 is 0 Å². The van der Waals surface area contributed by atoms with Crippen LogP contribution in [0.3, 0.4) is 0 Å². The molecule has 90 valence electrons. The van der Waals surface area contributed by atoms with E-state index in [1.807, 2.05) is 6.07 Å². The Bertz CT molecular complexity index is 454. The molecule has 0 aromatic heterocycles. The molecule has 1 aromatic carbocycles. The van der Waals surface area contributed by atoms with Crippen molar-refractivity contribution in [2.75, 3.05) is 24.6 Å². The quantitative estimate of drug-likeness (QED) is 0.867. The summed E-state index contributed by atoms with van der Waals surface area (Å²) in [5.41, 5.74) is 1.20. The normalized spacial score (nSPS) is 18.5. The van der Waals surface area contributed by atoms with Crippen molar-refractivity contribution < 1.29 is 14.6 Å². The Balaban J connectivity index is 1.95. The van der Waals surface area contributed by atoms with Crippen LogP contribution in [0, 0.1) is 5.92 Å². The maximum atomic E-state index is 11.1. The van der Waals surface area contributed by atoms with Gasteiger partial charge in [-0.1, -0.05) is 6.07 Å². The molecule has 0 atom stereocenters. The lowest BCUT2D eigenvalue weighted by atomic mass is 10.1. The molecule has 1 N–H and O–H groups in total. The highest BCUT2D eigenvalue weighted by molar-refractivity contribution is 5.93. The van der Waals surface area contributed by atoms with Gasteiger partial charge in [-0.05, 0) is 30.9 Å².